The van der Waals surface area contributed by atoms with E-state index in [9.17, 15) is 14.4 Å². The molecule has 6 nitrogen and oxygen atoms in total. The highest BCUT2D eigenvalue weighted by molar-refractivity contribution is 5.71. The second kappa shape index (κ2) is 64.3. The van der Waals surface area contributed by atoms with Crippen molar-refractivity contribution in [3.63, 3.8) is 0 Å². The molecule has 0 heterocycles. The fourth-order valence-corrected chi connectivity index (χ4v) is 8.69. The summed E-state index contributed by atoms with van der Waals surface area (Å²) in [5, 5.41) is 0. The van der Waals surface area contributed by atoms with Crippen molar-refractivity contribution >= 4 is 17.9 Å². The minimum absolute atomic E-state index is 0.0982. The van der Waals surface area contributed by atoms with Gasteiger partial charge >= 0.3 is 17.9 Å². The number of rotatable bonds is 57. The van der Waals surface area contributed by atoms with Gasteiger partial charge in [0.2, 0.25) is 0 Å². The minimum atomic E-state index is -0.802. The molecule has 0 saturated carbocycles. The first kappa shape index (κ1) is 72.8. The van der Waals surface area contributed by atoms with E-state index in [0.29, 0.717) is 19.3 Å². The lowest BCUT2D eigenvalue weighted by Crippen LogP contribution is -2.30. The van der Waals surface area contributed by atoms with Crippen molar-refractivity contribution in [3.05, 3.63) is 122 Å². The lowest BCUT2D eigenvalue weighted by molar-refractivity contribution is -0.167. The van der Waals surface area contributed by atoms with Crippen LogP contribution in [0.1, 0.15) is 290 Å². The molecule has 0 spiro atoms. The van der Waals surface area contributed by atoms with E-state index in [2.05, 4.69) is 142 Å². The zero-order valence-corrected chi connectivity index (χ0v) is 50.2. The highest BCUT2D eigenvalue weighted by atomic mass is 16.6. The molecule has 6 heteroatoms. The van der Waals surface area contributed by atoms with E-state index in [1.165, 1.54) is 116 Å². The van der Waals surface area contributed by atoms with Crippen LogP contribution in [0.2, 0.25) is 0 Å². The summed E-state index contributed by atoms with van der Waals surface area (Å²) in [5.41, 5.74) is 0. The molecular formula is C71H118O6. The topological polar surface area (TPSA) is 78.9 Å². The van der Waals surface area contributed by atoms with E-state index >= 15 is 0 Å². The Balaban J connectivity index is 4.39. The largest absolute Gasteiger partial charge is 0.462 e. The molecule has 0 saturated heterocycles. The zero-order valence-electron chi connectivity index (χ0n) is 50.2. The third-order valence-electron chi connectivity index (χ3n) is 13.4. The maximum atomic E-state index is 12.9. The summed E-state index contributed by atoms with van der Waals surface area (Å²) in [7, 11) is 0. The van der Waals surface area contributed by atoms with E-state index in [4.69, 9.17) is 14.2 Å². The van der Waals surface area contributed by atoms with Gasteiger partial charge in [-0.25, -0.2) is 0 Å². The van der Waals surface area contributed by atoms with Gasteiger partial charge in [0.1, 0.15) is 13.2 Å². The van der Waals surface area contributed by atoms with Crippen LogP contribution in [-0.4, -0.2) is 37.2 Å². The predicted molar refractivity (Wildman–Crippen MR) is 334 cm³/mol. The summed E-state index contributed by atoms with van der Waals surface area (Å²) >= 11 is 0. The van der Waals surface area contributed by atoms with Gasteiger partial charge in [-0.3, -0.25) is 14.4 Å². The molecule has 0 rings (SSSR count). The van der Waals surface area contributed by atoms with E-state index in [-0.39, 0.29) is 31.1 Å². The Morgan fingerprint density at radius 2 is 0.506 bits per heavy atom. The Hall–Kier alpha value is -4.19. The van der Waals surface area contributed by atoms with E-state index in [1.54, 1.807) is 0 Å². The van der Waals surface area contributed by atoms with Gasteiger partial charge in [-0.1, -0.05) is 264 Å². The highest BCUT2D eigenvalue weighted by Gasteiger charge is 2.19. The normalized spacial score (nSPS) is 12.9. The molecule has 438 valence electrons. The second-order valence-corrected chi connectivity index (χ2v) is 20.9. The smallest absolute Gasteiger partial charge is 0.306 e. The lowest BCUT2D eigenvalue weighted by atomic mass is 10.1. The van der Waals surface area contributed by atoms with Crippen LogP contribution >= 0.6 is 0 Å². The summed E-state index contributed by atoms with van der Waals surface area (Å²) in [6.45, 7) is 6.39. The van der Waals surface area contributed by atoms with Gasteiger partial charge < -0.3 is 14.2 Å². The highest BCUT2D eigenvalue weighted by Crippen LogP contribution is 2.15. The number of allylic oxidation sites excluding steroid dienone is 20. The number of carbonyl (C=O) groups excluding carboxylic acids is 3. The van der Waals surface area contributed by atoms with Crippen molar-refractivity contribution in [3.8, 4) is 0 Å². The van der Waals surface area contributed by atoms with Gasteiger partial charge in [-0.15, -0.1) is 0 Å². The molecule has 0 bridgehead atoms. The van der Waals surface area contributed by atoms with Gasteiger partial charge in [0, 0.05) is 19.3 Å². The molecule has 77 heavy (non-hydrogen) atoms. The maximum Gasteiger partial charge on any atom is 0.306 e. The first-order chi connectivity index (χ1) is 38.0. The molecule has 0 aromatic rings. The first-order valence-electron chi connectivity index (χ1n) is 32.0. The molecule has 0 aliphatic heterocycles. The van der Waals surface area contributed by atoms with Gasteiger partial charge in [0.05, 0.1) is 0 Å². The van der Waals surface area contributed by atoms with Crippen molar-refractivity contribution < 1.29 is 28.6 Å². The Morgan fingerprint density at radius 1 is 0.273 bits per heavy atom. The van der Waals surface area contributed by atoms with Crippen LogP contribution in [0.4, 0.5) is 0 Å². The molecule has 0 aromatic heterocycles. The number of hydrogen-bond acceptors (Lipinski definition) is 6. The summed E-state index contributed by atoms with van der Waals surface area (Å²) in [5.74, 6) is -0.939. The summed E-state index contributed by atoms with van der Waals surface area (Å²) in [6.07, 6.45) is 89.2. The van der Waals surface area contributed by atoms with Crippen LogP contribution in [0.15, 0.2) is 122 Å². The van der Waals surface area contributed by atoms with Gasteiger partial charge in [-0.2, -0.15) is 0 Å². The average molecular weight is 1070 g/mol. The monoisotopic (exact) mass is 1070 g/mol. The van der Waals surface area contributed by atoms with Crippen LogP contribution in [-0.2, 0) is 28.6 Å². The van der Waals surface area contributed by atoms with Crippen LogP contribution in [0.25, 0.3) is 0 Å². The summed E-state index contributed by atoms with van der Waals surface area (Å²) in [4.78, 5) is 38.3. The second-order valence-electron chi connectivity index (χ2n) is 20.9. The fourth-order valence-electron chi connectivity index (χ4n) is 8.69. The number of hydrogen-bond donors (Lipinski definition) is 0. The van der Waals surface area contributed by atoms with E-state index in [1.807, 2.05) is 0 Å². The maximum absolute atomic E-state index is 12.9. The number of carbonyl (C=O) groups is 3. The summed E-state index contributed by atoms with van der Waals surface area (Å²) < 4.78 is 16.9. The zero-order chi connectivity index (χ0) is 55.7. The van der Waals surface area contributed by atoms with E-state index in [0.717, 1.165) is 135 Å². The molecular weight excluding hydrogens is 949 g/mol. The molecule has 1 atom stereocenters. The molecule has 0 aromatic carbocycles. The van der Waals surface area contributed by atoms with Crippen molar-refractivity contribution in [2.75, 3.05) is 13.2 Å². The molecule has 0 N–H and O–H groups in total. The van der Waals surface area contributed by atoms with Crippen LogP contribution < -0.4 is 0 Å². The van der Waals surface area contributed by atoms with Crippen molar-refractivity contribution in [2.45, 2.75) is 297 Å². The Bertz CT molecular complexity index is 1600. The molecule has 0 aliphatic rings. The fraction of sp³-hybridized carbons (Fsp3) is 0.676. The minimum Gasteiger partial charge on any atom is -0.462 e. The molecule has 0 aliphatic carbocycles. The average Bonchev–Trinajstić information content (AvgIpc) is 3.43. The third-order valence-corrected chi connectivity index (χ3v) is 13.4. The van der Waals surface area contributed by atoms with Crippen molar-refractivity contribution in [1.29, 1.82) is 0 Å². The Labute approximate surface area is 475 Å². The van der Waals surface area contributed by atoms with Crippen LogP contribution in [0.5, 0.6) is 0 Å². The molecule has 1 unspecified atom stereocenters. The van der Waals surface area contributed by atoms with Crippen LogP contribution in [0.3, 0.4) is 0 Å². The van der Waals surface area contributed by atoms with Crippen molar-refractivity contribution in [2.24, 2.45) is 0 Å². The number of unbranched alkanes of at least 4 members (excludes halogenated alkanes) is 26. The molecule has 0 fully saturated rings. The quantitative estimate of drug-likeness (QED) is 0.0261. The standard InChI is InChI=1S/C71H118O6/c1-4-7-10-13-16-19-22-25-27-29-31-33-34-35-36-38-39-41-43-46-49-52-55-58-61-64-70(73)76-67-68(66-75-69(72)63-60-57-54-51-48-45-24-21-18-15-12-9-6-3)77-71(74)65-62-59-56-53-50-47-44-42-40-37-32-30-28-26-23-20-17-14-11-8-5-2/h7,9-10,12,16,18-19,21,25,27,30-33,35-36,39,41,45,48,68H,4-6,8,11,13-15,17,20,22-24,26,28-29,34,37-38,40,42-44,46-47,49-67H2,1-3H3/b10-7-,12-9-,19-16-,21-18-,27-25-,32-30-,33-31-,36-35-,41-39-,48-45-. The predicted octanol–water partition coefficient (Wildman–Crippen LogP) is 22.0. The van der Waals surface area contributed by atoms with E-state index < -0.39 is 6.10 Å². The molecule has 0 radical (unpaired) electrons. The summed E-state index contributed by atoms with van der Waals surface area (Å²) in [6, 6.07) is 0. The van der Waals surface area contributed by atoms with Crippen LogP contribution in [0, 0.1) is 0 Å². The number of esters is 3. The van der Waals surface area contributed by atoms with Gasteiger partial charge in [0.15, 0.2) is 6.10 Å². The Morgan fingerprint density at radius 3 is 0.818 bits per heavy atom. The Kier molecular flexibility index (Phi) is 60.8. The van der Waals surface area contributed by atoms with Crippen molar-refractivity contribution in [1.82, 2.24) is 0 Å². The number of ether oxygens (including phenoxy) is 3. The van der Waals surface area contributed by atoms with Gasteiger partial charge in [-0.05, 0) is 128 Å². The SMILES string of the molecule is CC/C=C\C/C=C\C/C=C\C/C=C\C/C=C\C/C=C\CCCCCCCCC(=O)OCC(COC(=O)CCCCC/C=C\C/C=C\C/C=C\CC)OC(=O)CCCCCCCCCCC/C=C\CCCCCCCCCC. The van der Waals surface area contributed by atoms with Gasteiger partial charge in [0.25, 0.3) is 0 Å². The lowest BCUT2D eigenvalue weighted by Gasteiger charge is -2.18. The third kappa shape index (κ3) is 62.5. The molecule has 0 amide bonds. The first-order valence-corrected chi connectivity index (χ1v) is 32.0.